The van der Waals surface area contributed by atoms with Gasteiger partial charge in [-0.15, -0.1) is 0 Å². The molecule has 9 aromatic rings. The molecule has 2 heterocycles. The molecule has 0 saturated heterocycles. The van der Waals surface area contributed by atoms with Crippen LogP contribution < -0.4 is 0 Å². The fourth-order valence-electron chi connectivity index (χ4n) is 7.10. The van der Waals surface area contributed by atoms with Crippen LogP contribution in [0.4, 0.5) is 0 Å². The second kappa shape index (κ2) is 9.86. The monoisotopic (exact) mass is 560 g/mol. The summed E-state index contributed by atoms with van der Waals surface area (Å²) in [7, 11) is 0. The first-order valence-electron chi connectivity index (χ1n) is 15.1. The third-order valence-corrected chi connectivity index (χ3v) is 8.93. The lowest BCUT2D eigenvalue weighted by Crippen LogP contribution is -1.98. The van der Waals surface area contributed by atoms with Crippen molar-refractivity contribution >= 4 is 43.6 Å². The lowest BCUT2D eigenvalue weighted by atomic mass is 10.0. The van der Waals surface area contributed by atoms with E-state index in [1.807, 2.05) is 0 Å². The number of aromatic nitrogens is 2. The molecule has 44 heavy (non-hydrogen) atoms. The first kappa shape index (κ1) is 24.7. The highest BCUT2D eigenvalue weighted by atomic mass is 15.0. The predicted molar refractivity (Wildman–Crippen MR) is 186 cm³/mol. The van der Waals surface area contributed by atoms with Crippen LogP contribution in [0.15, 0.2) is 170 Å². The van der Waals surface area contributed by atoms with Gasteiger partial charge in [-0.3, -0.25) is 0 Å². The number of hydrogen-bond donors (Lipinski definition) is 0. The summed E-state index contributed by atoms with van der Waals surface area (Å²) < 4.78 is 4.91. The average Bonchev–Trinajstić information content (AvgIpc) is 3.62. The molecule has 0 N–H and O–H groups in total. The normalized spacial score (nSPS) is 11.6. The molecule has 0 atom stereocenters. The molecule has 0 amide bonds. The highest BCUT2D eigenvalue weighted by molar-refractivity contribution is 6.29. The minimum Gasteiger partial charge on any atom is -0.309 e. The van der Waals surface area contributed by atoms with Crippen molar-refractivity contribution < 1.29 is 0 Å². The Hall–Kier alpha value is -5.86. The summed E-state index contributed by atoms with van der Waals surface area (Å²) in [6.07, 6.45) is 0. The van der Waals surface area contributed by atoms with Crippen molar-refractivity contribution in [3.63, 3.8) is 0 Å². The second-order valence-corrected chi connectivity index (χ2v) is 11.3. The van der Waals surface area contributed by atoms with Crippen molar-refractivity contribution in [1.82, 2.24) is 9.13 Å². The molecule has 0 spiro atoms. The van der Waals surface area contributed by atoms with Crippen LogP contribution >= 0.6 is 0 Å². The van der Waals surface area contributed by atoms with Crippen LogP contribution in [0, 0.1) is 0 Å². The predicted octanol–water partition coefficient (Wildman–Crippen LogP) is 11.2. The molecule has 7 aromatic carbocycles. The molecule has 0 radical (unpaired) electrons. The van der Waals surface area contributed by atoms with Gasteiger partial charge in [0, 0.05) is 32.7 Å². The highest BCUT2D eigenvalue weighted by Crippen LogP contribution is 2.44. The highest BCUT2D eigenvalue weighted by Gasteiger charge is 2.22. The Balaban J connectivity index is 1.42. The zero-order valence-electron chi connectivity index (χ0n) is 24.1. The summed E-state index contributed by atoms with van der Waals surface area (Å²) in [4.78, 5) is 0. The van der Waals surface area contributed by atoms with Gasteiger partial charge in [0.15, 0.2) is 0 Å². The fourth-order valence-corrected chi connectivity index (χ4v) is 7.10. The number of fused-ring (bicyclic) bond motifs is 7. The molecule has 2 nitrogen and oxygen atoms in total. The molecule has 0 aliphatic heterocycles. The van der Waals surface area contributed by atoms with Gasteiger partial charge >= 0.3 is 0 Å². The Kier molecular flexibility index (Phi) is 5.54. The molecule has 0 aliphatic rings. The molecular formula is C42H28N2. The zero-order valence-corrected chi connectivity index (χ0v) is 24.1. The molecule has 0 saturated carbocycles. The van der Waals surface area contributed by atoms with Crippen molar-refractivity contribution in [2.24, 2.45) is 0 Å². The Morgan fingerprint density at radius 1 is 0.273 bits per heavy atom. The maximum atomic E-state index is 2.45. The third kappa shape index (κ3) is 3.61. The van der Waals surface area contributed by atoms with E-state index < -0.39 is 0 Å². The Bertz CT molecular complexity index is 2300. The molecule has 0 bridgehead atoms. The second-order valence-electron chi connectivity index (χ2n) is 11.3. The number of hydrogen-bond acceptors (Lipinski definition) is 0. The first-order valence-corrected chi connectivity index (χ1v) is 15.1. The van der Waals surface area contributed by atoms with Crippen LogP contribution in [-0.4, -0.2) is 9.13 Å². The van der Waals surface area contributed by atoms with Crippen LogP contribution in [0.25, 0.3) is 77.2 Å². The van der Waals surface area contributed by atoms with Gasteiger partial charge in [-0.1, -0.05) is 133 Å². The van der Waals surface area contributed by atoms with Gasteiger partial charge in [0.2, 0.25) is 0 Å². The summed E-state index contributed by atoms with van der Waals surface area (Å²) in [5.74, 6) is 0. The molecule has 9 rings (SSSR count). The van der Waals surface area contributed by atoms with Gasteiger partial charge in [-0.05, 0) is 47.5 Å². The summed E-state index contributed by atoms with van der Waals surface area (Å²) >= 11 is 0. The van der Waals surface area contributed by atoms with E-state index in [0.717, 1.165) is 0 Å². The van der Waals surface area contributed by atoms with E-state index >= 15 is 0 Å². The van der Waals surface area contributed by atoms with Gasteiger partial charge in [-0.2, -0.15) is 0 Å². The van der Waals surface area contributed by atoms with Gasteiger partial charge in [0.25, 0.3) is 0 Å². The molecular weight excluding hydrogens is 532 g/mol. The van der Waals surface area contributed by atoms with Crippen molar-refractivity contribution in [1.29, 1.82) is 0 Å². The maximum absolute atomic E-state index is 2.45. The van der Waals surface area contributed by atoms with Crippen LogP contribution in [0.5, 0.6) is 0 Å². The molecule has 2 aromatic heterocycles. The van der Waals surface area contributed by atoms with Crippen molar-refractivity contribution in [2.75, 3.05) is 0 Å². The van der Waals surface area contributed by atoms with Gasteiger partial charge in [-0.25, -0.2) is 0 Å². The van der Waals surface area contributed by atoms with Gasteiger partial charge in [0.1, 0.15) is 0 Å². The van der Waals surface area contributed by atoms with E-state index in [2.05, 4.69) is 179 Å². The largest absolute Gasteiger partial charge is 0.309 e. The van der Waals surface area contributed by atoms with Crippen LogP contribution in [-0.2, 0) is 0 Å². The van der Waals surface area contributed by atoms with Crippen molar-refractivity contribution in [3.05, 3.63) is 170 Å². The number of benzene rings is 7. The van der Waals surface area contributed by atoms with Crippen LogP contribution in [0.2, 0.25) is 0 Å². The van der Waals surface area contributed by atoms with E-state index in [1.54, 1.807) is 0 Å². The summed E-state index contributed by atoms with van der Waals surface area (Å²) in [5, 5.41) is 5.09. The van der Waals surface area contributed by atoms with E-state index in [4.69, 9.17) is 0 Å². The smallest absolute Gasteiger partial charge is 0.0549 e. The van der Waals surface area contributed by atoms with Gasteiger partial charge in [0.05, 0.1) is 33.4 Å². The zero-order chi connectivity index (χ0) is 29.0. The average molecular weight is 561 g/mol. The molecule has 0 fully saturated rings. The van der Waals surface area contributed by atoms with Crippen molar-refractivity contribution in [2.45, 2.75) is 0 Å². The standard InChI is InChI=1S/C42H28N2/c1-3-15-29(16-4-1)31-19-7-11-23-35(31)43-37-25-13-9-21-33(37)41-39(43)27-28-40-42(41)34-22-10-14-26-38(34)44(40)36-24-12-8-20-32(36)30-17-5-2-6-18-30/h1-28H. The van der Waals surface area contributed by atoms with Crippen LogP contribution in [0.1, 0.15) is 0 Å². The van der Waals surface area contributed by atoms with Crippen molar-refractivity contribution in [3.8, 4) is 33.6 Å². The molecule has 0 unspecified atom stereocenters. The maximum Gasteiger partial charge on any atom is 0.0549 e. The SMILES string of the molecule is c1ccc(-c2ccccc2-n2c3ccccc3c3c4c5ccccc5n(-c5ccccc5-c5ccccc5)c4ccc32)cc1. The molecule has 206 valence electrons. The van der Waals surface area contributed by atoms with E-state index in [1.165, 1.54) is 77.2 Å². The van der Waals surface area contributed by atoms with Crippen LogP contribution in [0.3, 0.4) is 0 Å². The van der Waals surface area contributed by atoms with E-state index in [0.29, 0.717) is 0 Å². The lowest BCUT2D eigenvalue weighted by molar-refractivity contribution is 1.17. The Morgan fingerprint density at radius 3 is 1.09 bits per heavy atom. The minimum absolute atomic E-state index is 1.18. The van der Waals surface area contributed by atoms with Gasteiger partial charge < -0.3 is 9.13 Å². The Morgan fingerprint density at radius 2 is 0.636 bits per heavy atom. The number of nitrogens with zero attached hydrogens (tertiary/aromatic N) is 2. The molecule has 2 heteroatoms. The third-order valence-electron chi connectivity index (χ3n) is 8.93. The molecule has 0 aliphatic carbocycles. The Labute approximate surface area is 255 Å². The fraction of sp³-hybridized carbons (Fsp3) is 0. The minimum atomic E-state index is 1.18. The first-order chi connectivity index (χ1) is 21.9. The summed E-state index contributed by atoms with van der Waals surface area (Å²) in [6.45, 7) is 0. The number of rotatable bonds is 4. The summed E-state index contributed by atoms with van der Waals surface area (Å²) in [6, 6.07) is 61.3. The summed E-state index contributed by atoms with van der Waals surface area (Å²) in [5.41, 5.74) is 12.1. The quantitative estimate of drug-likeness (QED) is 0.203. The lowest BCUT2D eigenvalue weighted by Gasteiger charge is -2.15. The van der Waals surface area contributed by atoms with E-state index in [-0.39, 0.29) is 0 Å². The topological polar surface area (TPSA) is 9.86 Å². The number of para-hydroxylation sites is 4. The van der Waals surface area contributed by atoms with E-state index in [9.17, 15) is 0 Å².